The van der Waals surface area contributed by atoms with Crippen LogP contribution in [-0.2, 0) is 33.3 Å². The van der Waals surface area contributed by atoms with E-state index in [0.29, 0.717) is 0 Å². The van der Waals surface area contributed by atoms with Crippen LogP contribution < -0.4 is 0 Å². The molecule has 1 aliphatic carbocycles. The van der Waals surface area contributed by atoms with Gasteiger partial charge in [0.1, 0.15) is 23.4 Å². The molecule has 2 heterocycles. The van der Waals surface area contributed by atoms with E-state index in [1.807, 2.05) is 13.8 Å². The second-order valence-electron chi connectivity index (χ2n) is 11.8. The second-order valence-corrected chi connectivity index (χ2v) is 12.0. The lowest BCUT2D eigenvalue weighted by Crippen LogP contribution is -2.70. The van der Waals surface area contributed by atoms with Crippen LogP contribution in [0.1, 0.15) is 67.7 Å². The number of rotatable bonds is 5. The van der Waals surface area contributed by atoms with Gasteiger partial charge in [-0.25, -0.2) is 0 Å². The third-order valence-corrected chi connectivity index (χ3v) is 8.91. The first kappa shape index (κ1) is 30.1. The molecule has 11 heteroatoms. The Morgan fingerprint density at radius 1 is 1.05 bits per heavy atom. The van der Waals surface area contributed by atoms with Gasteiger partial charge in [0.2, 0.25) is 0 Å². The fourth-order valence-electron chi connectivity index (χ4n) is 7.04. The zero-order valence-electron chi connectivity index (χ0n) is 22.6. The van der Waals surface area contributed by atoms with Crippen LogP contribution in [0.5, 0.6) is 0 Å². The third kappa shape index (κ3) is 5.50. The summed E-state index contributed by atoms with van der Waals surface area (Å²) in [5.74, 6) is -4.29. The summed E-state index contributed by atoms with van der Waals surface area (Å²) in [6.07, 6.45) is -4.95. The molecule has 10 nitrogen and oxygen atoms in total. The average molecular weight is 549 g/mol. The third-order valence-electron chi connectivity index (χ3n) is 8.48. The number of alkyl halides is 1. The summed E-state index contributed by atoms with van der Waals surface area (Å²) in [6.45, 7) is 10.8. The van der Waals surface area contributed by atoms with Gasteiger partial charge in [0.15, 0.2) is 6.10 Å². The maximum absolute atomic E-state index is 12.2. The van der Waals surface area contributed by atoms with Crippen molar-refractivity contribution in [1.29, 1.82) is 0 Å². The van der Waals surface area contributed by atoms with E-state index < -0.39 is 88.9 Å². The number of aliphatic hydroxyl groups is 3. The summed E-state index contributed by atoms with van der Waals surface area (Å²) in [7, 11) is 0. The van der Waals surface area contributed by atoms with Crippen molar-refractivity contribution < 1.29 is 48.7 Å². The Morgan fingerprint density at radius 2 is 1.65 bits per heavy atom. The van der Waals surface area contributed by atoms with Crippen LogP contribution in [0, 0.1) is 23.7 Å². The molecule has 3 N–H and O–H groups in total. The zero-order chi connectivity index (χ0) is 28.1. The predicted molar refractivity (Wildman–Crippen MR) is 131 cm³/mol. The number of ether oxygens (including phenoxy) is 4. The van der Waals surface area contributed by atoms with E-state index >= 15 is 0 Å². The molecule has 0 spiro atoms. The molecule has 0 aromatic rings. The highest BCUT2D eigenvalue weighted by Gasteiger charge is 2.71. The maximum atomic E-state index is 12.2. The molecule has 37 heavy (non-hydrogen) atoms. The van der Waals surface area contributed by atoms with Crippen LogP contribution >= 0.6 is 11.6 Å². The Kier molecular flexibility index (Phi) is 8.62. The van der Waals surface area contributed by atoms with E-state index in [2.05, 4.69) is 0 Å². The van der Waals surface area contributed by atoms with Crippen molar-refractivity contribution >= 4 is 29.5 Å². The highest BCUT2D eigenvalue weighted by Crippen LogP contribution is 2.59. The number of carbonyl (C=O) groups is 3. The van der Waals surface area contributed by atoms with Crippen molar-refractivity contribution in [2.45, 2.75) is 115 Å². The summed E-state index contributed by atoms with van der Waals surface area (Å²) >= 11 is 6.42. The number of esters is 3. The molecule has 2 saturated heterocycles. The molecule has 3 rings (SSSR count). The minimum atomic E-state index is -1.93. The Bertz CT molecular complexity index is 893. The zero-order valence-corrected chi connectivity index (χ0v) is 23.4. The molecular formula is C26H41ClO10. The molecule has 0 aromatic heterocycles. The molecule has 11 unspecified atom stereocenters. The van der Waals surface area contributed by atoms with Gasteiger partial charge < -0.3 is 34.3 Å². The molecule has 212 valence electrons. The Balaban J connectivity index is 2.30. The predicted octanol–water partition coefficient (Wildman–Crippen LogP) is 1.72. The van der Waals surface area contributed by atoms with Crippen molar-refractivity contribution in [1.82, 2.24) is 0 Å². The van der Waals surface area contributed by atoms with E-state index in [0.717, 1.165) is 0 Å². The van der Waals surface area contributed by atoms with Crippen LogP contribution in [0.25, 0.3) is 0 Å². The number of aliphatic hydroxyl groups excluding tert-OH is 1. The number of carbonyl (C=O) groups excluding carboxylic acids is 3. The fraction of sp³-hybridized carbons (Fsp3) is 0.885. The van der Waals surface area contributed by atoms with Gasteiger partial charge in [-0.1, -0.05) is 13.8 Å². The molecule has 2 aliphatic heterocycles. The Labute approximate surface area is 222 Å². The first-order valence-electron chi connectivity index (χ1n) is 12.9. The molecule has 1 saturated carbocycles. The van der Waals surface area contributed by atoms with Crippen LogP contribution in [-0.4, -0.2) is 86.4 Å². The van der Waals surface area contributed by atoms with E-state index in [1.165, 1.54) is 27.7 Å². The van der Waals surface area contributed by atoms with Crippen LogP contribution in [0.4, 0.5) is 0 Å². The lowest BCUT2D eigenvalue weighted by molar-refractivity contribution is -0.241. The molecule has 0 radical (unpaired) electrons. The number of hydrogen-bond donors (Lipinski definition) is 3. The molecule has 3 aliphatic rings. The fourth-order valence-corrected chi connectivity index (χ4v) is 7.37. The molecule has 11 atom stereocenters. The van der Waals surface area contributed by atoms with Crippen molar-refractivity contribution in [2.24, 2.45) is 23.7 Å². The van der Waals surface area contributed by atoms with Crippen molar-refractivity contribution in [3.8, 4) is 0 Å². The van der Waals surface area contributed by atoms with Crippen molar-refractivity contribution in [3.05, 3.63) is 0 Å². The number of hydrogen-bond acceptors (Lipinski definition) is 10. The van der Waals surface area contributed by atoms with E-state index in [1.54, 1.807) is 6.92 Å². The van der Waals surface area contributed by atoms with Gasteiger partial charge in [0, 0.05) is 44.9 Å². The summed E-state index contributed by atoms with van der Waals surface area (Å²) in [5, 5.41) is 34.3. The molecule has 0 amide bonds. The van der Waals surface area contributed by atoms with Gasteiger partial charge in [0.05, 0.1) is 23.7 Å². The highest BCUT2D eigenvalue weighted by molar-refractivity contribution is 6.18. The maximum Gasteiger partial charge on any atom is 0.303 e. The lowest BCUT2D eigenvalue weighted by Gasteiger charge is -2.55. The quantitative estimate of drug-likeness (QED) is 0.263. The number of fused-ring (bicyclic) bond motifs is 5. The van der Waals surface area contributed by atoms with Crippen molar-refractivity contribution in [3.63, 3.8) is 0 Å². The molecule has 2 bridgehead atoms. The molecule has 0 aromatic carbocycles. The largest absolute Gasteiger partial charge is 0.458 e. The van der Waals surface area contributed by atoms with Gasteiger partial charge in [-0.3, -0.25) is 14.4 Å². The molecule has 3 fully saturated rings. The number of halogens is 1. The normalized spacial score (nSPS) is 45.7. The Hall–Kier alpha value is -1.46. The smallest absolute Gasteiger partial charge is 0.303 e. The first-order valence-corrected chi connectivity index (χ1v) is 13.4. The van der Waals surface area contributed by atoms with Gasteiger partial charge in [-0.15, -0.1) is 11.6 Å². The Morgan fingerprint density at radius 3 is 2.14 bits per heavy atom. The minimum Gasteiger partial charge on any atom is -0.458 e. The standard InChI is InChI=1S/C26H41ClO10/c1-12(2)18-19-20(26(33,11-27)23(35-14(4)29)21(18)34-13(3)28)16-10-24(6,32)17(31)8-9-25(7,22(19)36-16)37-15(5)30/h12,16-23,31-33H,8-11H2,1-7H3. The molecular weight excluding hydrogens is 508 g/mol. The van der Waals surface area contributed by atoms with Gasteiger partial charge in [-0.05, 0) is 32.6 Å². The highest BCUT2D eigenvalue weighted by atomic mass is 35.5. The first-order chi connectivity index (χ1) is 17.0. The van der Waals surface area contributed by atoms with Crippen LogP contribution in [0.3, 0.4) is 0 Å². The van der Waals surface area contributed by atoms with E-state index in [4.69, 9.17) is 30.5 Å². The SMILES string of the molecule is CC(=O)OC1C(C(C)C)C2C3OC(CC(C)(O)C(O)CCC3(C)OC(C)=O)C2C(O)(CCl)C1OC(C)=O. The van der Waals surface area contributed by atoms with E-state index in [9.17, 15) is 29.7 Å². The van der Waals surface area contributed by atoms with E-state index in [-0.39, 0.29) is 25.2 Å². The van der Waals surface area contributed by atoms with Crippen LogP contribution in [0.2, 0.25) is 0 Å². The second kappa shape index (κ2) is 10.6. The van der Waals surface area contributed by atoms with Crippen molar-refractivity contribution in [2.75, 3.05) is 5.88 Å². The summed E-state index contributed by atoms with van der Waals surface area (Å²) < 4.78 is 23.8. The van der Waals surface area contributed by atoms with Gasteiger partial charge in [0.25, 0.3) is 0 Å². The minimum absolute atomic E-state index is 0.0585. The summed E-state index contributed by atoms with van der Waals surface area (Å²) in [4.78, 5) is 36.7. The topological polar surface area (TPSA) is 149 Å². The van der Waals surface area contributed by atoms with Gasteiger partial charge in [-0.2, -0.15) is 0 Å². The lowest BCUT2D eigenvalue weighted by atomic mass is 9.55. The monoisotopic (exact) mass is 548 g/mol. The van der Waals surface area contributed by atoms with Crippen LogP contribution in [0.15, 0.2) is 0 Å². The summed E-state index contributed by atoms with van der Waals surface area (Å²) in [6, 6.07) is 0. The van der Waals surface area contributed by atoms with Gasteiger partial charge >= 0.3 is 17.9 Å². The average Bonchev–Trinajstić information content (AvgIpc) is 3.13. The summed E-state index contributed by atoms with van der Waals surface area (Å²) in [5.41, 5.74) is -4.78.